The number of aliphatic hydroxyl groups is 1. The molecule has 7 nitrogen and oxygen atoms in total. The number of hydrogen-bond acceptors (Lipinski definition) is 6. The van der Waals surface area contributed by atoms with E-state index in [1.165, 1.54) is 18.3 Å². The van der Waals surface area contributed by atoms with Gasteiger partial charge in [0, 0.05) is 19.2 Å². The lowest BCUT2D eigenvalue weighted by molar-refractivity contribution is -0.140. The fourth-order valence-electron chi connectivity index (χ4n) is 3.19. The van der Waals surface area contributed by atoms with Crippen LogP contribution in [-0.4, -0.2) is 48.1 Å². The Morgan fingerprint density at radius 1 is 1.25 bits per heavy atom. The van der Waals surface area contributed by atoms with E-state index in [0.29, 0.717) is 17.1 Å². The maximum atomic E-state index is 12.7. The second-order valence-corrected chi connectivity index (χ2v) is 6.70. The Morgan fingerprint density at radius 2 is 2.04 bits per heavy atom. The first kappa shape index (κ1) is 19.7. The number of rotatable bonds is 7. The number of carbonyl (C=O) groups excluding carboxylic acids is 2. The van der Waals surface area contributed by atoms with Gasteiger partial charge in [0.15, 0.2) is 0 Å². The predicted octanol–water partition coefficient (Wildman–Crippen LogP) is 3.13. The smallest absolute Gasteiger partial charge is 0.295 e. The summed E-state index contributed by atoms with van der Waals surface area (Å²) in [7, 11) is 1.51. The monoisotopic (exact) mass is 385 g/mol. The lowest BCUT2D eigenvalue weighted by Crippen LogP contribution is -2.32. The molecule has 0 bridgehead atoms. The van der Waals surface area contributed by atoms with Gasteiger partial charge in [0.2, 0.25) is 0 Å². The highest BCUT2D eigenvalue weighted by molar-refractivity contribution is 6.46. The number of likely N-dealkylation sites (tertiary alicyclic amines) is 1. The Morgan fingerprint density at radius 3 is 2.68 bits per heavy atom. The summed E-state index contributed by atoms with van der Waals surface area (Å²) in [6.07, 6.45) is 1.42. The third kappa shape index (κ3) is 3.80. The van der Waals surface area contributed by atoms with Gasteiger partial charge in [-0.2, -0.15) is 0 Å². The molecule has 1 aliphatic heterocycles. The molecule has 3 rings (SSSR count). The van der Waals surface area contributed by atoms with Crippen molar-refractivity contribution in [3.8, 4) is 5.75 Å². The number of methoxy groups -OCH3 is 1. The van der Waals surface area contributed by atoms with Crippen LogP contribution in [-0.2, 0) is 14.3 Å². The number of amides is 1. The normalized spacial score (nSPS) is 18.9. The van der Waals surface area contributed by atoms with Crippen LogP contribution in [0.25, 0.3) is 5.76 Å². The Kier molecular flexibility index (Phi) is 5.84. The maximum Gasteiger partial charge on any atom is 0.295 e. The molecular formula is C21H23NO6. The van der Waals surface area contributed by atoms with E-state index in [2.05, 4.69) is 0 Å². The van der Waals surface area contributed by atoms with E-state index in [4.69, 9.17) is 13.9 Å². The van der Waals surface area contributed by atoms with Crippen molar-refractivity contribution in [3.63, 3.8) is 0 Å². The highest BCUT2D eigenvalue weighted by Gasteiger charge is 2.47. The number of nitrogens with zero attached hydrogens (tertiary/aromatic N) is 1. The van der Waals surface area contributed by atoms with Gasteiger partial charge < -0.3 is 23.9 Å². The van der Waals surface area contributed by atoms with Crippen molar-refractivity contribution in [2.24, 2.45) is 0 Å². The first-order valence-electron chi connectivity index (χ1n) is 9.02. The van der Waals surface area contributed by atoms with Crippen LogP contribution in [0.2, 0.25) is 0 Å². The summed E-state index contributed by atoms with van der Waals surface area (Å²) < 4.78 is 16.2. The Hall–Kier alpha value is -3.06. The third-order valence-electron chi connectivity index (χ3n) is 4.37. The molecule has 0 radical (unpaired) electrons. The number of ether oxygens (including phenoxy) is 2. The van der Waals surface area contributed by atoms with Gasteiger partial charge >= 0.3 is 0 Å². The zero-order valence-electron chi connectivity index (χ0n) is 16.0. The van der Waals surface area contributed by atoms with Crippen molar-refractivity contribution in [2.45, 2.75) is 26.0 Å². The highest BCUT2D eigenvalue weighted by Crippen LogP contribution is 2.39. The number of aliphatic hydroxyl groups excluding tert-OH is 1. The number of hydrogen-bond donors (Lipinski definition) is 1. The molecule has 28 heavy (non-hydrogen) atoms. The zero-order chi connectivity index (χ0) is 20.3. The third-order valence-corrected chi connectivity index (χ3v) is 4.37. The van der Waals surface area contributed by atoms with Gasteiger partial charge in [0.25, 0.3) is 11.7 Å². The first-order chi connectivity index (χ1) is 13.4. The van der Waals surface area contributed by atoms with E-state index in [9.17, 15) is 14.7 Å². The Labute approximate surface area is 163 Å². The molecule has 1 aliphatic rings. The lowest BCUT2D eigenvalue weighted by atomic mass is 9.99. The van der Waals surface area contributed by atoms with Crippen molar-refractivity contribution >= 4 is 17.4 Å². The van der Waals surface area contributed by atoms with Crippen LogP contribution in [0, 0.1) is 0 Å². The lowest BCUT2D eigenvalue weighted by Gasteiger charge is -2.22. The molecule has 0 saturated carbocycles. The van der Waals surface area contributed by atoms with Crippen LogP contribution in [0.4, 0.5) is 0 Å². The van der Waals surface area contributed by atoms with Gasteiger partial charge in [-0.15, -0.1) is 0 Å². The van der Waals surface area contributed by atoms with E-state index in [0.717, 1.165) is 0 Å². The maximum absolute atomic E-state index is 12.7. The zero-order valence-corrected chi connectivity index (χ0v) is 16.0. The summed E-state index contributed by atoms with van der Waals surface area (Å²) >= 11 is 0. The molecular weight excluding hydrogens is 362 g/mol. The summed E-state index contributed by atoms with van der Waals surface area (Å²) in [6.45, 7) is 4.23. The van der Waals surface area contributed by atoms with Crippen molar-refractivity contribution in [3.05, 3.63) is 59.6 Å². The molecule has 1 atom stereocenters. The molecule has 0 aliphatic carbocycles. The van der Waals surface area contributed by atoms with Crippen molar-refractivity contribution < 1.29 is 28.6 Å². The summed E-state index contributed by atoms with van der Waals surface area (Å²) in [5, 5.41) is 10.9. The second kappa shape index (κ2) is 8.31. The average molecular weight is 385 g/mol. The van der Waals surface area contributed by atoms with Crippen LogP contribution in [0.15, 0.2) is 52.7 Å². The number of ketones is 1. The molecule has 1 amide bonds. The first-order valence-corrected chi connectivity index (χ1v) is 9.02. The number of benzene rings is 1. The molecule has 1 unspecified atom stereocenters. The standard InChI is InChI=1S/C21H23NO6/c1-13(2)28-15-7-4-6-14(12-15)19(23)17-18(16-8-5-10-27-16)22(9-11-26-3)21(25)20(17)24/h4-8,10,12-13,18,23H,9,11H2,1-3H3/b19-17-. The summed E-state index contributed by atoms with van der Waals surface area (Å²) in [6, 6.07) is 9.29. The molecule has 1 aromatic carbocycles. The van der Waals surface area contributed by atoms with Crippen LogP contribution in [0.5, 0.6) is 5.75 Å². The molecule has 2 heterocycles. The van der Waals surface area contributed by atoms with E-state index >= 15 is 0 Å². The van der Waals surface area contributed by atoms with Crippen LogP contribution < -0.4 is 4.74 Å². The van der Waals surface area contributed by atoms with Crippen molar-refractivity contribution in [1.29, 1.82) is 0 Å². The van der Waals surface area contributed by atoms with Crippen LogP contribution >= 0.6 is 0 Å². The fourth-order valence-corrected chi connectivity index (χ4v) is 3.19. The highest BCUT2D eigenvalue weighted by atomic mass is 16.5. The largest absolute Gasteiger partial charge is 0.507 e. The molecule has 1 aromatic heterocycles. The SMILES string of the molecule is COCCN1C(=O)C(=O)/C(=C(\O)c2cccc(OC(C)C)c2)C1c1ccco1. The number of furan rings is 1. The second-order valence-electron chi connectivity index (χ2n) is 6.70. The minimum absolute atomic E-state index is 0.0160. The molecule has 1 fully saturated rings. The van der Waals surface area contributed by atoms with Crippen LogP contribution in [0.1, 0.15) is 31.2 Å². The quantitative estimate of drug-likeness (QED) is 0.447. The topological polar surface area (TPSA) is 89.2 Å². The molecule has 2 aromatic rings. The average Bonchev–Trinajstić information content (AvgIpc) is 3.27. The predicted molar refractivity (Wildman–Crippen MR) is 102 cm³/mol. The van der Waals surface area contributed by atoms with E-state index in [-0.39, 0.29) is 30.6 Å². The van der Waals surface area contributed by atoms with E-state index in [1.807, 2.05) is 13.8 Å². The molecule has 0 spiro atoms. The minimum atomic E-state index is -0.820. The molecule has 1 N–H and O–H groups in total. The van der Waals surface area contributed by atoms with Gasteiger partial charge in [0.05, 0.1) is 24.5 Å². The summed E-state index contributed by atoms with van der Waals surface area (Å²) in [5.74, 6) is -0.776. The number of carbonyl (C=O) groups is 2. The number of Topliss-reactive ketones (excluding diaryl/α,β-unsaturated/α-hetero) is 1. The Balaban J connectivity index is 2.08. The molecule has 148 valence electrons. The van der Waals surface area contributed by atoms with Crippen molar-refractivity contribution in [2.75, 3.05) is 20.3 Å². The fraction of sp³-hybridized carbons (Fsp3) is 0.333. The summed E-state index contributed by atoms with van der Waals surface area (Å²) in [4.78, 5) is 26.7. The van der Waals surface area contributed by atoms with Gasteiger partial charge in [-0.25, -0.2) is 0 Å². The van der Waals surface area contributed by atoms with Gasteiger partial charge in [-0.1, -0.05) is 12.1 Å². The van der Waals surface area contributed by atoms with Gasteiger partial charge in [0.1, 0.15) is 23.3 Å². The van der Waals surface area contributed by atoms with E-state index in [1.54, 1.807) is 36.4 Å². The molecule has 1 saturated heterocycles. The molecule has 7 heteroatoms. The minimum Gasteiger partial charge on any atom is -0.507 e. The Bertz CT molecular complexity index is 884. The van der Waals surface area contributed by atoms with Gasteiger partial charge in [-0.3, -0.25) is 9.59 Å². The van der Waals surface area contributed by atoms with Crippen LogP contribution in [0.3, 0.4) is 0 Å². The summed E-state index contributed by atoms with van der Waals surface area (Å²) in [5.41, 5.74) is 0.372. The van der Waals surface area contributed by atoms with E-state index < -0.39 is 17.7 Å². The van der Waals surface area contributed by atoms with Crippen molar-refractivity contribution in [1.82, 2.24) is 4.90 Å². The van der Waals surface area contributed by atoms with Gasteiger partial charge in [-0.05, 0) is 38.1 Å².